The summed E-state index contributed by atoms with van der Waals surface area (Å²) in [5.74, 6) is 0.755. The second kappa shape index (κ2) is 9.36. The lowest BCUT2D eigenvalue weighted by molar-refractivity contribution is -0.123. The summed E-state index contributed by atoms with van der Waals surface area (Å²) < 4.78 is 10.3. The van der Waals surface area contributed by atoms with Gasteiger partial charge in [0.1, 0.15) is 17.5 Å². The van der Waals surface area contributed by atoms with Crippen LogP contribution in [0.1, 0.15) is 12.0 Å². The minimum absolute atomic E-state index is 0.0999. The number of carbonyl (C=O) groups is 2. The largest absolute Gasteiger partial charge is 0.497 e. The number of carbonyl (C=O) groups excluding carboxylic acids is 2. The van der Waals surface area contributed by atoms with E-state index < -0.39 is 6.04 Å². The lowest BCUT2D eigenvalue weighted by Crippen LogP contribution is -2.35. The number of anilines is 1. The molecule has 0 saturated carbocycles. The van der Waals surface area contributed by atoms with Gasteiger partial charge >= 0.3 is 0 Å². The number of guanidine groups is 1. The Balaban J connectivity index is 1.54. The van der Waals surface area contributed by atoms with Crippen molar-refractivity contribution in [2.24, 2.45) is 10.1 Å². The van der Waals surface area contributed by atoms with Crippen LogP contribution in [0.25, 0.3) is 0 Å². The van der Waals surface area contributed by atoms with Gasteiger partial charge in [0.05, 0.1) is 32.5 Å². The van der Waals surface area contributed by atoms with Crippen molar-refractivity contribution in [1.82, 2.24) is 10.7 Å². The Kier molecular flexibility index (Phi) is 6.41. The fourth-order valence-corrected chi connectivity index (χ4v) is 2.62. The monoisotopic (exact) mass is 395 g/mol. The molecule has 0 aliphatic carbocycles. The quantitative estimate of drug-likeness (QED) is 0.486. The van der Waals surface area contributed by atoms with Crippen LogP contribution in [0.5, 0.6) is 11.5 Å². The van der Waals surface area contributed by atoms with Crippen LogP contribution in [0.4, 0.5) is 5.69 Å². The Morgan fingerprint density at radius 2 is 1.93 bits per heavy atom. The summed E-state index contributed by atoms with van der Waals surface area (Å²) in [6.45, 7) is 0. The number of benzene rings is 2. The summed E-state index contributed by atoms with van der Waals surface area (Å²) in [4.78, 5) is 28.5. The summed E-state index contributed by atoms with van der Waals surface area (Å²) in [6, 6.07) is 13.5. The van der Waals surface area contributed by atoms with E-state index in [1.54, 1.807) is 37.6 Å². The molecule has 3 N–H and O–H groups in total. The maximum atomic E-state index is 12.3. The molecule has 0 aromatic heterocycles. The van der Waals surface area contributed by atoms with Crippen LogP contribution in [-0.2, 0) is 9.59 Å². The van der Waals surface area contributed by atoms with Crippen molar-refractivity contribution in [1.29, 1.82) is 0 Å². The lowest BCUT2D eigenvalue weighted by atomic mass is 10.2. The summed E-state index contributed by atoms with van der Waals surface area (Å²) in [5.41, 5.74) is 4.04. The number of aliphatic imine (C=N–C) groups is 1. The number of methoxy groups -OCH3 is 2. The standard InChI is InChI=1S/C20H21N5O4/c1-28-14-9-7-13(8-10-14)12-21-25-20-23-16(19(27)24-20)11-18(26)22-15-5-3-4-6-17(15)29-2/h3-10,12,16H,11H2,1-2H3,(H,22,26)(H2,23,24,25,27)/b21-12-/t16-/m0/s1. The molecular formula is C20H21N5O4. The van der Waals surface area contributed by atoms with Crippen LogP contribution in [0.15, 0.2) is 58.6 Å². The highest BCUT2D eigenvalue weighted by Crippen LogP contribution is 2.23. The van der Waals surface area contributed by atoms with E-state index in [4.69, 9.17) is 9.47 Å². The van der Waals surface area contributed by atoms with E-state index in [0.29, 0.717) is 11.4 Å². The Bertz CT molecular complexity index is 940. The molecule has 9 heteroatoms. The minimum Gasteiger partial charge on any atom is -0.497 e. The highest BCUT2D eigenvalue weighted by molar-refractivity contribution is 6.07. The van der Waals surface area contributed by atoms with Crippen molar-refractivity contribution in [2.75, 3.05) is 19.5 Å². The maximum absolute atomic E-state index is 12.3. The molecule has 1 aliphatic rings. The van der Waals surface area contributed by atoms with Gasteiger partial charge in [0.2, 0.25) is 11.9 Å². The lowest BCUT2D eigenvalue weighted by Gasteiger charge is -2.10. The normalized spacial score (nSPS) is 15.6. The van der Waals surface area contributed by atoms with Crippen molar-refractivity contribution in [3.63, 3.8) is 0 Å². The van der Waals surface area contributed by atoms with Crippen LogP contribution >= 0.6 is 0 Å². The summed E-state index contributed by atoms with van der Waals surface area (Å²) in [7, 11) is 3.11. The first-order chi connectivity index (χ1) is 14.1. The van der Waals surface area contributed by atoms with Crippen LogP contribution in [-0.4, -0.2) is 44.2 Å². The Morgan fingerprint density at radius 1 is 1.17 bits per heavy atom. The molecule has 0 bridgehead atoms. The van der Waals surface area contributed by atoms with Crippen molar-refractivity contribution in [3.05, 3.63) is 54.1 Å². The Labute approximate surface area is 167 Å². The third kappa shape index (κ3) is 5.32. The average Bonchev–Trinajstić information content (AvgIpc) is 3.07. The number of nitrogens with one attached hydrogen (secondary N) is 3. The first-order valence-corrected chi connectivity index (χ1v) is 8.83. The molecule has 2 aromatic rings. The molecule has 1 aliphatic heterocycles. The molecule has 150 valence electrons. The number of ether oxygens (including phenoxy) is 2. The number of hydrogen-bond acceptors (Lipinski definition) is 7. The number of hydrazone groups is 1. The van der Waals surface area contributed by atoms with E-state index in [1.165, 1.54) is 7.11 Å². The first kappa shape index (κ1) is 19.9. The third-order valence-corrected chi connectivity index (χ3v) is 4.09. The smallest absolute Gasteiger partial charge is 0.252 e. The van der Waals surface area contributed by atoms with Crippen molar-refractivity contribution in [3.8, 4) is 11.5 Å². The van der Waals surface area contributed by atoms with Gasteiger partial charge < -0.3 is 14.8 Å². The van der Waals surface area contributed by atoms with Crippen molar-refractivity contribution < 1.29 is 19.1 Å². The van der Waals surface area contributed by atoms with E-state index in [2.05, 4.69) is 26.2 Å². The number of para-hydroxylation sites is 2. The third-order valence-electron chi connectivity index (χ3n) is 4.09. The summed E-state index contributed by atoms with van der Waals surface area (Å²) >= 11 is 0. The van der Waals surface area contributed by atoms with Gasteiger partial charge in [0.15, 0.2) is 0 Å². The summed E-state index contributed by atoms with van der Waals surface area (Å²) in [5, 5.41) is 9.33. The van der Waals surface area contributed by atoms with Gasteiger partial charge in [-0.2, -0.15) is 5.10 Å². The molecule has 0 unspecified atom stereocenters. The molecule has 2 amide bonds. The highest BCUT2D eigenvalue weighted by Gasteiger charge is 2.28. The molecule has 0 saturated heterocycles. The zero-order chi connectivity index (χ0) is 20.6. The van der Waals surface area contributed by atoms with Gasteiger partial charge in [0.25, 0.3) is 5.91 Å². The van der Waals surface area contributed by atoms with E-state index in [1.807, 2.05) is 24.3 Å². The van der Waals surface area contributed by atoms with Crippen molar-refractivity contribution >= 4 is 29.7 Å². The minimum atomic E-state index is -0.830. The number of hydrogen-bond donors (Lipinski definition) is 3. The van der Waals surface area contributed by atoms with Crippen LogP contribution in [0.3, 0.4) is 0 Å². The summed E-state index contributed by atoms with van der Waals surface area (Å²) in [6.07, 6.45) is 1.48. The van der Waals surface area contributed by atoms with Crippen LogP contribution < -0.4 is 25.5 Å². The van der Waals surface area contributed by atoms with E-state index >= 15 is 0 Å². The number of nitrogens with zero attached hydrogens (tertiary/aromatic N) is 2. The van der Waals surface area contributed by atoms with E-state index in [9.17, 15) is 9.59 Å². The predicted molar refractivity (Wildman–Crippen MR) is 109 cm³/mol. The van der Waals surface area contributed by atoms with E-state index in [0.717, 1.165) is 11.3 Å². The molecule has 0 fully saturated rings. The second-order valence-electron chi connectivity index (χ2n) is 6.08. The molecular weight excluding hydrogens is 374 g/mol. The van der Waals surface area contributed by atoms with Crippen LogP contribution in [0, 0.1) is 0 Å². The zero-order valence-electron chi connectivity index (χ0n) is 16.0. The molecule has 9 nitrogen and oxygen atoms in total. The Hall–Kier alpha value is -3.88. The molecule has 29 heavy (non-hydrogen) atoms. The van der Waals surface area contributed by atoms with Gasteiger partial charge in [-0.25, -0.2) is 10.4 Å². The molecule has 1 heterocycles. The number of rotatable bonds is 7. The fourth-order valence-electron chi connectivity index (χ4n) is 2.62. The van der Waals surface area contributed by atoms with E-state index in [-0.39, 0.29) is 24.2 Å². The maximum Gasteiger partial charge on any atom is 0.252 e. The Morgan fingerprint density at radius 3 is 2.66 bits per heavy atom. The molecule has 2 aromatic carbocycles. The average molecular weight is 395 g/mol. The SMILES string of the molecule is COc1ccc(/C=N\NC2=N[C@@H](CC(=O)Nc3ccccc3OC)C(=O)N2)cc1. The topological polar surface area (TPSA) is 113 Å². The molecule has 3 rings (SSSR count). The van der Waals surface area contributed by atoms with Crippen LogP contribution in [0.2, 0.25) is 0 Å². The highest BCUT2D eigenvalue weighted by atomic mass is 16.5. The molecule has 1 atom stereocenters. The van der Waals surface area contributed by atoms with Gasteiger partial charge in [-0.1, -0.05) is 12.1 Å². The van der Waals surface area contributed by atoms with Gasteiger partial charge in [-0.3, -0.25) is 14.9 Å². The predicted octanol–water partition coefficient (Wildman–Crippen LogP) is 1.51. The first-order valence-electron chi connectivity index (χ1n) is 8.83. The van der Waals surface area contributed by atoms with Crippen molar-refractivity contribution in [2.45, 2.75) is 12.5 Å². The number of amides is 2. The fraction of sp³-hybridized carbons (Fsp3) is 0.200. The van der Waals surface area contributed by atoms with Gasteiger partial charge in [-0.05, 0) is 42.0 Å². The van der Waals surface area contributed by atoms with Gasteiger partial charge in [0, 0.05) is 0 Å². The molecule has 0 radical (unpaired) electrons. The molecule has 0 spiro atoms. The van der Waals surface area contributed by atoms with Gasteiger partial charge in [-0.15, -0.1) is 0 Å². The second-order valence-corrected chi connectivity index (χ2v) is 6.08. The zero-order valence-corrected chi connectivity index (χ0v) is 16.0.